The molecule has 0 unspecified atom stereocenters. The van der Waals surface area contributed by atoms with E-state index in [1.54, 1.807) is 6.07 Å². The van der Waals surface area contributed by atoms with Crippen LogP contribution in [0.4, 0.5) is 10.9 Å². The van der Waals surface area contributed by atoms with Crippen LogP contribution >= 0.6 is 11.3 Å². The van der Waals surface area contributed by atoms with Gasteiger partial charge in [0, 0.05) is 5.38 Å². The van der Waals surface area contributed by atoms with Crippen molar-refractivity contribution in [3.8, 4) is 11.4 Å². The third-order valence-corrected chi connectivity index (χ3v) is 2.48. The fraction of sp³-hybridized carbons (Fsp3) is 0. The summed E-state index contributed by atoms with van der Waals surface area (Å²) in [5, 5.41) is 2.32. The Morgan fingerprint density at radius 3 is 2.69 bits per heavy atom. The third kappa shape index (κ3) is 2.26. The van der Waals surface area contributed by atoms with E-state index in [-0.39, 0.29) is 5.96 Å². The Hall–Kier alpha value is -2.15. The van der Waals surface area contributed by atoms with Crippen molar-refractivity contribution in [3.05, 3.63) is 23.6 Å². The highest BCUT2D eigenvalue weighted by atomic mass is 32.1. The van der Waals surface area contributed by atoms with Gasteiger partial charge in [0.2, 0.25) is 5.13 Å². The topological polar surface area (TPSA) is 116 Å². The molecule has 82 valence electrons. The molecule has 6 N–H and O–H groups in total. The minimum atomic E-state index is -0.0126. The van der Waals surface area contributed by atoms with Gasteiger partial charge in [0.1, 0.15) is 11.5 Å². The van der Waals surface area contributed by atoms with Crippen LogP contribution in [-0.2, 0) is 0 Å². The second-order valence-corrected chi connectivity index (χ2v) is 3.84. The van der Waals surface area contributed by atoms with Crippen LogP contribution in [0.15, 0.2) is 28.6 Å². The molecule has 0 aliphatic heterocycles. The lowest BCUT2D eigenvalue weighted by atomic mass is 10.3. The van der Waals surface area contributed by atoms with Gasteiger partial charge in [-0.25, -0.2) is 9.97 Å². The monoisotopic (exact) mass is 234 g/mol. The quantitative estimate of drug-likeness (QED) is 0.522. The number of rotatable bonds is 2. The van der Waals surface area contributed by atoms with Crippen LogP contribution in [0.3, 0.4) is 0 Å². The maximum absolute atomic E-state index is 5.58. The van der Waals surface area contributed by atoms with E-state index in [1.807, 2.05) is 17.5 Å². The molecule has 0 radical (unpaired) electrons. The van der Waals surface area contributed by atoms with E-state index in [0.29, 0.717) is 22.3 Å². The number of nitrogens with two attached hydrogens (primary N) is 3. The Balaban J connectivity index is 2.35. The molecule has 2 aromatic heterocycles. The summed E-state index contributed by atoms with van der Waals surface area (Å²) < 4.78 is 0. The summed E-state index contributed by atoms with van der Waals surface area (Å²) in [6, 6.07) is 5.36. The SMILES string of the molecule is NC(N)=Nc1nc(-c2cccc(N)n2)cs1. The predicted molar refractivity (Wildman–Crippen MR) is 65.2 cm³/mol. The van der Waals surface area contributed by atoms with Crippen molar-refractivity contribution >= 4 is 28.2 Å². The fourth-order valence-electron chi connectivity index (χ4n) is 1.14. The van der Waals surface area contributed by atoms with Gasteiger partial charge in [-0.05, 0) is 12.1 Å². The Kier molecular flexibility index (Phi) is 2.69. The number of thiazole rings is 1. The van der Waals surface area contributed by atoms with E-state index in [2.05, 4.69) is 15.0 Å². The summed E-state index contributed by atoms with van der Waals surface area (Å²) in [5.74, 6) is 0.440. The average Bonchev–Trinajstić information content (AvgIpc) is 2.65. The smallest absolute Gasteiger partial charge is 0.212 e. The van der Waals surface area contributed by atoms with Crippen LogP contribution in [0.25, 0.3) is 11.4 Å². The molecule has 0 fully saturated rings. The lowest BCUT2D eigenvalue weighted by Crippen LogP contribution is -2.21. The number of aromatic nitrogens is 2. The van der Waals surface area contributed by atoms with E-state index < -0.39 is 0 Å². The molecule has 16 heavy (non-hydrogen) atoms. The Bertz CT molecular complexity index is 528. The third-order valence-electron chi connectivity index (χ3n) is 1.75. The van der Waals surface area contributed by atoms with Crippen molar-refractivity contribution in [1.29, 1.82) is 0 Å². The van der Waals surface area contributed by atoms with Crippen molar-refractivity contribution in [2.75, 3.05) is 5.73 Å². The lowest BCUT2D eigenvalue weighted by molar-refractivity contribution is 1.27. The van der Waals surface area contributed by atoms with Crippen LogP contribution < -0.4 is 17.2 Å². The zero-order valence-electron chi connectivity index (χ0n) is 8.29. The number of pyridine rings is 1. The molecule has 0 aromatic carbocycles. The number of aliphatic imine (C=N–C) groups is 1. The highest BCUT2D eigenvalue weighted by molar-refractivity contribution is 7.13. The Labute approximate surface area is 95.8 Å². The predicted octanol–water partition coefficient (Wildman–Crippen LogP) is 0.692. The first-order chi connectivity index (χ1) is 7.65. The molecule has 7 heteroatoms. The summed E-state index contributed by atoms with van der Waals surface area (Å²) in [5.41, 5.74) is 17.5. The molecule has 0 spiro atoms. The highest BCUT2D eigenvalue weighted by Crippen LogP contribution is 2.25. The molecular formula is C9H10N6S. The average molecular weight is 234 g/mol. The van der Waals surface area contributed by atoms with Crippen LogP contribution in [0, 0.1) is 0 Å². The van der Waals surface area contributed by atoms with E-state index in [0.717, 1.165) is 0 Å². The van der Waals surface area contributed by atoms with Crippen molar-refractivity contribution in [2.24, 2.45) is 16.5 Å². The number of hydrogen-bond acceptors (Lipinski definition) is 5. The highest BCUT2D eigenvalue weighted by Gasteiger charge is 2.05. The molecule has 0 atom stereocenters. The molecule has 2 heterocycles. The van der Waals surface area contributed by atoms with Gasteiger partial charge in [-0.2, -0.15) is 4.99 Å². The summed E-state index contributed by atoms with van der Waals surface area (Å²) in [4.78, 5) is 12.2. The number of guanidine groups is 1. The molecule has 0 aliphatic rings. The summed E-state index contributed by atoms with van der Waals surface area (Å²) in [6.45, 7) is 0. The number of nitrogens with zero attached hydrogens (tertiary/aromatic N) is 3. The van der Waals surface area contributed by atoms with E-state index in [1.165, 1.54) is 11.3 Å². The molecule has 2 aromatic rings. The normalized spacial score (nSPS) is 10.0. The maximum atomic E-state index is 5.58. The fourth-order valence-corrected chi connectivity index (χ4v) is 1.84. The minimum absolute atomic E-state index is 0.0126. The van der Waals surface area contributed by atoms with Gasteiger partial charge in [-0.15, -0.1) is 11.3 Å². The number of anilines is 1. The molecule has 0 amide bonds. The first kappa shape index (κ1) is 10.4. The number of nitrogen functional groups attached to an aromatic ring is 1. The van der Waals surface area contributed by atoms with Crippen LogP contribution in [0.2, 0.25) is 0 Å². The maximum Gasteiger partial charge on any atom is 0.212 e. The van der Waals surface area contributed by atoms with Crippen molar-refractivity contribution in [2.45, 2.75) is 0 Å². The lowest BCUT2D eigenvalue weighted by Gasteiger charge is -1.96. The zero-order chi connectivity index (χ0) is 11.5. The van der Waals surface area contributed by atoms with Gasteiger partial charge in [-0.1, -0.05) is 6.07 Å². The second kappa shape index (κ2) is 4.15. The Morgan fingerprint density at radius 2 is 2.00 bits per heavy atom. The largest absolute Gasteiger partial charge is 0.384 e. The standard InChI is InChI=1S/C9H10N6S/c10-7-3-1-2-5(13-7)6-4-16-9(14-6)15-8(11)12/h1-4H,(H2,10,13)(H4,11,12,14,15). The summed E-state index contributed by atoms with van der Waals surface area (Å²) >= 11 is 1.34. The van der Waals surface area contributed by atoms with Gasteiger partial charge in [0.15, 0.2) is 5.96 Å². The molecule has 0 saturated carbocycles. The number of hydrogen-bond donors (Lipinski definition) is 3. The molecule has 6 nitrogen and oxygen atoms in total. The van der Waals surface area contributed by atoms with E-state index in [9.17, 15) is 0 Å². The van der Waals surface area contributed by atoms with E-state index >= 15 is 0 Å². The van der Waals surface area contributed by atoms with Gasteiger partial charge >= 0.3 is 0 Å². The van der Waals surface area contributed by atoms with Crippen LogP contribution in [0.1, 0.15) is 0 Å². The van der Waals surface area contributed by atoms with E-state index in [4.69, 9.17) is 17.2 Å². The van der Waals surface area contributed by atoms with Gasteiger partial charge in [0.25, 0.3) is 0 Å². The van der Waals surface area contributed by atoms with Crippen LogP contribution in [-0.4, -0.2) is 15.9 Å². The molecule has 0 bridgehead atoms. The van der Waals surface area contributed by atoms with Gasteiger partial charge < -0.3 is 17.2 Å². The first-order valence-electron chi connectivity index (χ1n) is 4.43. The van der Waals surface area contributed by atoms with Gasteiger partial charge in [0.05, 0.1) is 5.69 Å². The zero-order valence-corrected chi connectivity index (χ0v) is 9.11. The second-order valence-electron chi connectivity index (χ2n) is 3.00. The first-order valence-corrected chi connectivity index (χ1v) is 5.31. The summed E-state index contributed by atoms with van der Waals surface area (Å²) in [6.07, 6.45) is 0. The van der Waals surface area contributed by atoms with Crippen molar-refractivity contribution in [3.63, 3.8) is 0 Å². The summed E-state index contributed by atoms with van der Waals surface area (Å²) in [7, 11) is 0. The van der Waals surface area contributed by atoms with Crippen molar-refractivity contribution < 1.29 is 0 Å². The van der Waals surface area contributed by atoms with Gasteiger partial charge in [-0.3, -0.25) is 0 Å². The molecule has 0 aliphatic carbocycles. The molecule has 0 saturated heterocycles. The van der Waals surface area contributed by atoms with Crippen molar-refractivity contribution in [1.82, 2.24) is 9.97 Å². The van der Waals surface area contributed by atoms with Crippen LogP contribution in [0.5, 0.6) is 0 Å². The minimum Gasteiger partial charge on any atom is -0.384 e. The molecular weight excluding hydrogens is 224 g/mol. The Morgan fingerprint density at radius 1 is 1.19 bits per heavy atom. The molecule has 2 rings (SSSR count).